The number of nitrogens with zero attached hydrogens (tertiary/aromatic N) is 3. The first kappa shape index (κ1) is 16.3. The topological polar surface area (TPSA) is 103 Å². The molecule has 0 aliphatic heterocycles. The van der Waals surface area contributed by atoms with E-state index in [9.17, 15) is 14.4 Å². The molecule has 0 saturated heterocycles. The van der Waals surface area contributed by atoms with E-state index >= 15 is 0 Å². The zero-order valence-electron chi connectivity index (χ0n) is 12.5. The van der Waals surface area contributed by atoms with Gasteiger partial charge in [0, 0.05) is 17.0 Å². The predicted molar refractivity (Wildman–Crippen MR) is 90.6 cm³/mol. The van der Waals surface area contributed by atoms with Gasteiger partial charge in [-0.25, -0.2) is 14.8 Å². The van der Waals surface area contributed by atoms with Gasteiger partial charge in [0.05, 0.1) is 23.9 Å². The van der Waals surface area contributed by atoms with E-state index in [2.05, 4.69) is 15.3 Å². The molecule has 0 bridgehead atoms. The average molecular weight is 364 g/mol. The van der Waals surface area contributed by atoms with Crippen molar-refractivity contribution in [2.24, 2.45) is 0 Å². The van der Waals surface area contributed by atoms with Gasteiger partial charge in [-0.3, -0.25) is 14.2 Å². The molecule has 0 unspecified atom stereocenters. The molecule has 0 saturated carbocycles. The molecule has 0 fully saturated rings. The van der Waals surface area contributed by atoms with Crippen LogP contribution >= 0.6 is 22.7 Å². The molecule has 0 aliphatic carbocycles. The molecule has 124 valence electrons. The van der Waals surface area contributed by atoms with Crippen LogP contribution in [0.4, 0.5) is 5.13 Å². The largest absolute Gasteiger partial charge is 0.462 e. The summed E-state index contributed by atoms with van der Waals surface area (Å²) in [5, 5.41) is 6.47. The average Bonchev–Trinajstić information content (AvgIpc) is 3.19. The highest BCUT2D eigenvalue weighted by Gasteiger charge is 2.19. The summed E-state index contributed by atoms with van der Waals surface area (Å²) in [7, 11) is 0. The van der Waals surface area contributed by atoms with E-state index in [1.165, 1.54) is 34.4 Å². The Morgan fingerprint density at radius 3 is 2.88 bits per heavy atom. The molecule has 1 amide bonds. The predicted octanol–water partition coefficient (Wildman–Crippen LogP) is 1.73. The van der Waals surface area contributed by atoms with E-state index in [0.717, 1.165) is 4.57 Å². The lowest BCUT2D eigenvalue weighted by molar-refractivity contribution is -0.116. The second-order valence-corrected chi connectivity index (χ2v) is 6.37. The Labute approximate surface area is 143 Å². The molecular weight excluding hydrogens is 352 g/mol. The first-order valence-corrected chi connectivity index (χ1v) is 8.69. The third kappa shape index (κ3) is 3.19. The van der Waals surface area contributed by atoms with Gasteiger partial charge in [-0.15, -0.1) is 22.7 Å². The first-order valence-electron chi connectivity index (χ1n) is 6.93. The number of thiophene rings is 1. The van der Waals surface area contributed by atoms with E-state index in [1.54, 1.807) is 18.5 Å². The van der Waals surface area contributed by atoms with Crippen LogP contribution in [-0.4, -0.2) is 33.0 Å². The summed E-state index contributed by atoms with van der Waals surface area (Å²) in [6.07, 6.45) is 2.86. The van der Waals surface area contributed by atoms with Crippen LogP contribution in [-0.2, 0) is 16.1 Å². The van der Waals surface area contributed by atoms with Crippen molar-refractivity contribution in [3.63, 3.8) is 0 Å². The van der Waals surface area contributed by atoms with Crippen molar-refractivity contribution in [1.29, 1.82) is 0 Å². The molecule has 0 aromatic carbocycles. The Morgan fingerprint density at radius 2 is 2.17 bits per heavy atom. The lowest BCUT2D eigenvalue weighted by atomic mass is 10.2. The molecule has 10 heteroatoms. The molecule has 3 aromatic rings. The number of ether oxygens (including phenoxy) is 1. The number of nitrogens with one attached hydrogen (secondary N) is 1. The number of amides is 1. The van der Waals surface area contributed by atoms with Gasteiger partial charge in [-0.1, -0.05) is 0 Å². The van der Waals surface area contributed by atoms with Gasteiger partial charge >= 0.3 is 5.97 Å². The van der Waals surface area contributed by atoms with Crippen LogP contribution in [0.2, 0.25) is 0 Å². The van der Waals surface area contributed by atoms with Crippen molar-refractivity contribution in [3.8, 4) is 0 Å². The lowest BCUT2D eigenvalue weighted by Gasteiger charge is -2.06. The smallest absolute Gasteiger partial charge is 0.339 e. The van der Waals surface area contributed by atoms with Crippen molar-refractivity contribution >= 4 is 49.9 Å². The molecule has 1 N–H and O–H groups in total. The Bertz CT molecular complexity index is 945. The van der Waals surface area contributed by atoms with Gasteiger partial charge in [0.25, 0.3) is 5.56 Å². The third-order valence-corrected chi connectivity index (χ3v) is 4.62. The lowest BCUT2D eigenvalue weighted by Crippen LogP contribution is -2.28. The van der Waals surface area contributed by atoms with Crippen LogP contribution in [0, 0.1) is 0 Å². The van der Waals surface area contributed by atoms with E-state index in [1.807, 2.05) is 0 Å². The Morgan fingerprint density at radius 1 is 1.33 bits per heavy atom. The summed E-state index contributed by atoms with van der Waals surface area (Å²) in [6.45, 7) is 1.67. The fourth-order valence-electron chi connectivity index (χ4n) is 2.04. The normalized spacial score (nSPS) is 10.7. The summed E-state index contributed by atoms with van der Waals surface area (Å²) in [4.78, 5) is 45.0. The van der Waals surface area contributed by atoms with E-state index < -0.39 is 17.4 Å². The van der Waals surface area contributed by atoms with Crippen LogP contribution in [0.3, 0.4) is 0 Å². The zero-order chi connectivity index (χ0) is 17.1. The Balaban J connectivity index is 1.90. The maximum Gasteiger partial charge on any atom is 0.339 e. The van der Waals surface area contributed by atoms with Crippen molar-refractivity contribution in [2.45, 2.75) is 13.5 Å². The number of hydrogen-bond acceptors (Lipinski definition) is 8. The highest BCUT2D eigenvalue weighted by atomic mass is 32.1. The highest BCUT2D eigenvalue weighted by molar-refractivity contribution is 7.17. The minimum absolute atomic E-state index is 0.169. The molecule has 3 rings (SSSR count). The van der Waals surface area contributed by atoms with Gasteiger partial charge in [0.15, 0.2) is 5.13 Å². The fraction of sp³-hybridized carbons (Fsp3) is 0.214. The van der Waals surface area contributed by atoms with Crippen LogP contribution < -0.4 is 10.9 Å². The van der Waals surface area contributed by atoms with E-state index in [-0.39, 0.29) is 24.1 Å². The molecule has 0 atom stereocenters. The highest BCUT2D eigenvalue weighted by Crippen LogP contribution is 2.21. The van der Waals surface area contributed by atoms with Crippen LogP contribution in [0.25, 0.3) is 10.2 Å². The number of anilines is 1. The maximum absolute atomic E-state index is 12.6. The number of aromatic nitrogens is 3. The minimum Gasteiger partial charge on any atom is -0.462 e. The zero-order valence-corrected chi connectivity index (χ0v) is 14.1. The molecule has 8 nitrogen and oxygen atoms in total. The Hall–Kier alpha value is -2.59. The van der Waals surface area contributed by atoms with Crippen molar-refractivity contribution in [2.75, 3.05) is 11.9 Å². The number of carbonyl (C=O) groups excluding carboxylic acids is 2. The van der Waals surface area contributed by atoms with Gasteiger partial charge in [-0.05, 0) is 6.92 Å². The number of carbonyl (C=O) groups is 2. The summed E-state index contributed by atoms with van der Waals surface area (Å²) in [5.74, 6) is -0.978. The van der Waals surface area contributed by atoms with Crippen molar-refractivity contribution < 1.29 is 14.3 Å². The molecule has 3 aromatic heterocycles. The van der Waals surface area contributed by atoms with E-state index in [0.29, 0.717) is 9.96 Å². The monoisotopic (exact) mass is 364 g/mol. The summed E-state index contributed by atoms with van der Waals surface area (Å²) in [5.41, 5.74) is -0.289. The minimum atomic E-state index is -0.576. The number of rotatable bonds is 5. The van der Waals surface area contributed by atoms with Gasteiger partial charge < -0.3 is 10.1 Å². The van der Waals surface area contributed by atoms with Crippen molar-refractivity contribution in [3.05, 3.63) is 39.2 Å². The van der Waals surface area contributed by atoms with Crippen LogP contribution in [0.5, 0.6) is 0 Å². The molecule has 24 heavy (non-hydrogen) atoms. The fourth-order valence-corrected chi connectivity index (χ4v) is 3.45. The third-order valence-electron chi connectivity index (χ3n) is 3.05. The van der Waals surface area contributed by atoms with E-state index in [4.69, 9.17) is 4.74 Å². The number of thiazole rings is 1. The maximum atomic E-state index is 12.6. The van der Waals surface area contributed by atoms with Crippen molar-refractivity contribution in [1.82, 2.24) is 14.5 Å². The van der Waals surface area contributed by atoms with Gasteiger partial charge in [0.2, 0.25) is 5.91 Å². The Kier molecular flexibility index (Phi) is 4.67. The SMILES string of the molecule is CCOC(=O)c1csc2ncn(CC(=O)Nc3nccs3)c(=O)c12. The summed E-state index contributed by atoms with van der Waals surface area (Å²) >= 11 is 2.46. The summed E-state index contributed by atoms with van der Waals surface area (Å²) < 4.78 is 6.10. The molecular formula is C14H12N4O4S2. The molecule has 0 radical (unpaired) electrons. The molecule has 0 aliphatic rings. The number of esters is 1. The quantitative estimate of drug-likeness (QED) is 0.692. The number of fused-ring (bicyclic) bond motifs is 1. The standard InChI is InChI=1S/C14H12N4O4S2/c1-2-22-13(21)8-6-24-11-10(8)12(20)18(7-16-11)5-9(19)17-14-15-3-4-23-14/h3-4,6-7H,2,5H2,1H3,(H,15,17,19). The molecule has 0 spiro atoms. The summed E-state index contributed by atoms with van der Waals surface area (Å²) in [6, 6.07) is 0. The van der Waals surface area contributed by atoms with Gasteiger partial charge in [-0.2, -0.15) is 0 Å². The first-order chi connectivity index (χ1) is 11.6. The second kappa shape index (κ2) is 6.89. The van der Waals surface area contributed by atoms with Gasteiger partial charge in [0.1, 0.15) is 11.4 Å². The molecule has 3 heterocycles. The second-order valence-electron chi connectivity index (χ2n) is 4.61. The number of hydrogen-bond donors (Lipinski definition) is 1. The van der Waals surface area contributed by atoms with Crippen LogP contribution in [0.1, 0.15) is 17.3 Å². The van der Waals surface area contributed by atoms with Crippen LogP contribution in [0.15, 0.2) is 28.1 Å².